The van der Waals surface area contributed by atoms with Crippen molar-refractivity contribution in [2.24, 2.45) is 0 Å². The van der Waals surface area contributed by atoms with E-state index in [1.807, 2.05) is 0 Å². The van der Waals surface area contributed by atoms with Gasteiger partial charge in [0.25, 0.3) is 0 Å². The summed E-state index contributed by atoms with van der Waals surface area (Å²) >= 11 is 0. The van der Waals surface area contributed by atoms with Crippen molar-refractivity contribution in [2.45, 2.75) is 13.1 Å². The second kappa shape index (κ2) is 4.29. The van der Waals surface area contributed by atoms with Crippen molar-refractivity contribution in [2.75, 3.05) is 5.73 Å². The zero-order valence-electron chi connectivity index (χ0n) is 9.49. The lowest BCUT2D eigenvalue weighted by molar-refractivity contribution is -0.137. The Labute approximate surface area is 101 Å². The summed E-state index contributed by atoms with van der Waals surface area (Å²) in [5.41, 5.74) is 5.63. The molecule has 0 radical (unpaired) electrons. The fourth-order valence-electron chi connectivity index (χ4n) is 1.63. The van der Waals surface area contributed by atoms with Crippen molar-refractivity contribution in [1.29, 1.82) is 0 Å². The van der Waals surface area contributed by atoms with Crippen LogP contribution in [0.25, 0.3) is 11.3 Å². The van der Waals surface area contributed by atoms with E-state index in [0.29, 0.717) is 11.3 Å². The van der Waals surface area contributed by atoms with E-state index >= 15 is 0 Å². The Bertz CT molecular complexity index is 565. The topological polar surface area (TPSA) is 51.8 Å². The van der Waals surface area contributed by atoms with E-state index in [0.717, 1.165) is 6.07 Å². The highest BCUT2D eigenvalue weighted by Crippen LogP contribution is 2.36. The van der Waals surface area contributed by atoms with Gasteiger partial charge in [-0.2, -0.15) is 13.2 Å². The first-order valence-electron chi connectivity index (χ1n) is 5.13. The number of halogens is 3. The van der Waals surface area contributed by atoms with Gasteiger partial charge in [-0.3, -0.25) is 9.97 Å². The smallest absolute Gasteiger partial charge is 0.398 e. The number of hydrogen-bond donors (Lipinski definition) is 1. The van der Waals surface area contributed by atoms with Crippen LogP contribution in [0.4, 0.5) is 18.9 Å². The van der Waals surface area contributed by atoms with Crippen LogP contribution in [0.3, 0.4) is 0 Å². The molecule has 18 heavy (non-hydrogen) atoms. The lowest BCUT2D eigenvalue weighted by Gasteiger charge is -2.14. The van der Waals surface area contributed by atoms with E-state index < -0.39 is 11.7 Å². The van der Waals surface area contributed by atoms with Crippen molar-refractivity contribution < 1.29 is 13.2 Å². The lowest BCUT2D eigenvalue weighted by atomic mass is 10.0. The monoisotopic (exact) mass is 253 g/mol. The molecule has 0 spiro atoms. The van der Waals surface area contributed by atoms with Gasteiger partial charge in [-0.1, -0.05) is 0 Å². The molecular formula is C12H10F3N3. The molecule has 3 nitrogen and oxygen atoms in total. The molecule has 0 aliphatic heterocycles. The Morgan fingerprint density at radius 1 is 1.17 bits per heavy atom. The summed E-state index contributed by atoms with van der Waals surface area (Å²) in [4.78, 5) is 7.78. The molecule has 1 aromatic heterocycles. The zero-order valence-corrected chi connectivity index (χ0v) is 9.49. The fourth-order valence-corrected chi connectivity index (χ4v) is 1.63. The van der Waals surface area contributed by atoms with Crippen molar-refractivity contribution in [1.82, 2.24) is 9.97 Å². The summed E-state index contributed by atoms with van der Waals surface area (Å²) in [5, 5.41) is 0. The predicted molar refractivity (Wildman–Crippen MR) is 61.6 cm³/mol. The van der Waals surface area contributed by atoms with Gasteiger partial charge in [-0.05, 0) is 24.6 Å². The summed E-state index contributed by atoms with van der Waals surface area (Å²) in [5.74, 6) is 0. The van der Waals surface area contributed by atoms with E-state index in [2.05, 4.69) is 9.97 Å². The van der Waals surface area contributed by atoms with Gasteiger partial charge >= 0.3 is 6.18 Å². The summed E-state index contributed by atoms with van der Waals surface area (Å²) in [6, 6.07) is 2.50. The Balaban J connectivity index is 2.62. The molecule has 0 saturated carbocycles. The van der Waals surface area contributed by atoms with Gasteiger partial charge in [-0.15, -0.1) is 0 Å². The second-order valence-corrected chi connectivity index (χ2v) is 3.83. The van der Waals surface area contributed by atoms with E-state index in [1.165, 1.54) is 31.6 Å². The van der Waals surface area contributed by atoms with Gasteiger partial charge < -0.3 is 5.73 Å². The van der Waals surface area contributed by atoms with Gasteiger partial charge in [0.15, 0.2) is 0 Å². The first-order chi connectivity index (χ1) is 8.39. The maximum Gasteiger partial charge on any atom is 0.416 e. The van der Waals surface area contributed by atoms with Crippen LogP contribution in [0.2, 0.25) is 0 Å². The number of nitrogens with two attached hydrogens (primary N) is 1. The normalized spacial score (nSPS) is 11.6. The molecule has 2 rings (SSSR count). The molecule has 2 N–H and O–H groups in total. The highest BCUT2D eigenvalue weighted by molar-refractivity contribution is 5.68. The van der Waals surface area contributed by atoms with E-state index in [4.69, 9.17) is 5.73 Å². The van der Waals surface area contributed by atoms with Gasteiger partial charge in [0.2, 0.25) is 0 Å². The zero-order chi connectivity index (χ0) is 13.3. The number of hydrogen-bond acceptors (Lipinski definition) is 3. The molecule has 0 aliphatic carbocycles. The van der Waals surface area contributed by atoms with Crippen molar-refractivity contribution in [3.63, 3.8) is 0 Å². The first-order valence-corrected chi connectivity index (χ1v) is 5.13. The quantitative estimate of drug-likeness (QED) is 0.795. The molecule has 1 heterocycles. The average molecular weight is 253 g/mol. The van der Waals surface area contributed by atoms with Crippen LogP contribution in [-0.2, 0) is 6.18 Å². The summed E-state index contributed by atoms with van der Waals surface area (Å²) in [6.07, 6.45) is -0.176. The van der Waals surface area contributed by atoms with Crippen LogP contribution >= 0.6 is 0 Å². The van der Waals surface area contributed by atoms with Crippen LogP contribution in [-0.4, -0.2) is 9.97 Å². The SMILES string of the molecule is Cc1c(N)cc(-c2cnccn2)cc1C(F)(F)F. The third-order valence-electron chi connectivity index (χ3n) is 2.61. The van der Waals surface area contributed by atoms with Gasteiger partial charge in [0, 0.05) is 23.6 Å². The lowest BCUT2D eigenvalue weighted by Crippen LogP contribution is -2.09. The summed E-state index contributed by atoms with van der Waals surface area (Å²) < 4.78 is 38.5. The standard InChI is InChI=1S/C12H10F3N3/c1-7-9(12(13,14)15)4-8(5-10(7)16)11-6-17-2-3-18-11/h2-6H,16H2,1H3. The van der Waals surface area contributed by atoms with Crippen molar-refractivity contribution >= 4 is 5.69 Å². The number of rotatable bonds is 1. The highest BCUT2D eigenvalue weighted by atomic mass is 19.4. The van der Waals surface area contributed by atoms with Gasteiger partial charge in [0.05, 0.1) is 17.5 Å². The minimum atomic E-state index is -4.43. The third-order valence-corrected chi connectivity index (χ3v) is 2.61. The van der Waals surface area contributed by atoms with E-state index in [-0.39, 0.29) is 11.3 Å². The number of aromatic nitrogens is 2. The summed E-state index contributed by atoms with van der Waals surface area (Å²) in [6.45, 7) is 1.35. The molecule has 0 saturated heterocycles. The Hall–Kier alpha value is -2.11. The van der Waals surface area contributed by atoms with Crippen molar-refractivity contribution in [3.05, 3.63) is 41.9 Å². The maximum atomic E-state index is 12.8. The summed E-state index contributed by atoms with van der Waals surface area (Å²) in [7, 11) is 0. The number of nitrogen functional groups attached to an aromatic ring is 1. The van der Waals surface area contributed by atoms with Crippen LogP contribution in [0.5, 0.6) is 0 Å². The predicted octanol–water partition coefficient (Wildman–Crippen LogP) is 3.05. The highest BCUT2D eigenvalue weighted by Gasteiger charge is 2.33. The van der Waals surface area contributed by atoms with Gasteiger partial charge in [-0.25, -0.2) is 0 Å². The molecule has 0 bridgehead atoms. The Morgan fingerprint density at radius 3 is 2.44 bits per heavy atom. The van der Waals surface area contributed by atoms with Crippen LogP contribution in [0.1, 0.15) is 11.1 Å². The molecule has 2 aromatic rings. The van der Waals surface area contributed by atoms with Crippen LogP contribution < -0.4 is 5.73 Å². The third kappa shape index (κ3) is 2.27. The van der Waals surface area contributed by atoms with Gasteiger partial charge in [0.1, 0.15) is 0 Å². The van der Waals surface area contributed by atoms with Crippen LogP contribution in [0.15, 0.2) is 30.7 Å². The number of anilines is 1. The molecule has 0 fully saturated rings. The van der Waals surface area contributed by atoms with Crippen molar-refractivity contribution in [3.8, 4) is 11.3 Å². The number of nitrogens with zero attached hydrogens (tertiary/aromatic N) is 2. The molecular weight excluding hydrogens is 243 g/mol. The molecule has 94 valence electrons. The average Bonchev–Trinajstić information content (AvgIpc) is 2.32. The first kappa shape index (κ1) is 12.3. The van der Waals surface area contributed by atoms with E-state index in [9.17, 15) is 13.2 Å². The molecule has 0 amide bonds. The van der Waals surface area contributed by atoms with Crippen LogP contribution in [0, 0.1) is 6.92 Å². The number of alkyl halides is 3. The molecule has 0 aliphatic rings. The molecule has 0 unspecified atom stereocenters. The fraction of sp³-hybridized carbons (Fsp3) is 0.167. The second-order valence-electron chi connectivity index (χ2n) is 3.83. The number of benzene rings is 1. The molecule has 1 aromatic carbocycles. The Morgan fingerprint density at radius 2 is 1.89 bits per heavy atom. The molecule has 6 heteroatoms. The van der Waals surface area contributed by atoms with E-state index in [1.54, 1.807) is 0 Å². The maximum absolute atomic E-state index is 12.8. The minimum absolute atomic E-state index is 0.0233. The Kier molecular flexibility index (Phi) is 2.94. The minimum Gasteiger partial charge on any atom is -0.398 e. The largest absolute Gasteiger partial charge is 0.416 e. The molecule has 0 atom stereocenters.